The molecule has 2 aromatic carbocycles. The van der Waals surface area contributed by atoms with Gasteiger partial charge in [0.2, 0.25) is 5.60 Å². The molecule has 1 unspecified atom stereocenters. The summed E-state index contributed by atoms with van der Waals surface area (Å²) in [6.07, 6.45) is -1.05. The maximum absolute atomic E-state index is 14.8. The summed E-state index contributed by atoms with van der Waals surface area (Å²) in [7, 11) is 0. The van der Waals surface area contributed by atoms with Gasteiger partial charge >= 0.3 is 6.18 Å². The molecule has 6 nitrogen and oxygen atoms in total. The SMILES string of the molecule is C=CCn1c(C)c(C(O)(c2ccc3c(cnn3-c3ccc(F)cc3)c2)C(F)(F)F)c2cc[nH]c(=O)c21. The molecule has 0 radical (unpaired) electrons. The maximum atomic E-state index is 14.8. The lowest BCUT2D eigenvalue weighted by atomic mass is 9.83. The van der Waals surface area contributed by atoms with Gasteiger partial charge in [0.15, 0.2) is 0 Å². The largest absolute Gasteiger partial charge is 0.425 e. The van der Waals surface area contributed by atoms with Gasteiger partial charge in [0.05, 0.1) is 17.4 Å². The predicted molar refractivity (Wildman–Crippen MR) is 128 cm³/mol. The maximum Gasteiger partial charge on any atom is 0.425 e. The Hall–Kier alpha value is -4.18. The van der Waals surface area contributed by atoms with E-state index in [4.69, 9.17) is 0 Å². The molecule has 0 bridgehead atoms. The number of alkyl halides is 3. The van der Waals surface area contributed by atoms with Gasteiger partial charge in [-0.05, 0) is 55.0 Å². The lowest BCUT2D eigenvalue weighted by Crippen LogP contribution is -2.43. The van der Waals surface area contributed by atoms with Crippen LogP contribution in [0.2, 0.25) is 0 Å². The van der Waals surface area contributed by atoms with Crippen LogP contribution in [0, 0.1) is 12.7 Å². The highest BCUT2D eigenvalue weighted by Crippen LogP contribution is 2.48. The fourth-order valence-corrected chi connectivity index (χ4v) is 4.75. The van der Waals surface area contributed by atoms with Crippen LogP contribution in [0.4, 0.5) is 17.6 Å². The highest BCUT2D eigenvalue weighted by Gasteiger charge is 2.58. The molecule has 1 atom stereocenters. The van der Waals surface area contributed by atoms with Gasteiger partial charge in [-0.15, -0.1) is 6.58 Å². The van der Waals surface area contributed by atoms with E-state index in [9.17, 15) is 27.5 Å². The number of halogens is 4. The van der Waals surface area contributed by atoms with Gasteiger partial charge in [-0.3, -0.25) is 4.79 Å². The van der Waals surface area contributed by atoms with Gasteiger partial charge in [0, 0.05) is 34.8 Å². The Balaban J connectivity index is 1.77. The van der Waals surface area contributed by atoms with Crippen molar-refractivity contribution in [3.63, 3.8) is 0 Å². The van der Waals surface area contributed by atoms with Gasteiger partial charge in [0.1, 0.15) is 11.3 Å². The molecule has 3 heterocycles. The van der Waals surface area contributed by atoms with Crippen LogP contribution < -0.4 is 5.56 Å². The topological polar surface area (TPSA) is 75.8 Å². The van der Waals surface area contributed by atoms with E-state index in [1.807, 2.05) is 0 Å². The summed E-state index contributed by atoms with van der Waals surface area (Å²) in [5, 5.41) is 16.1. The quantitative estimate of drug-likeness (QED) is 0.263. The number of aromatic amines is 1. The Morgan fingerprint density at radius 3 is 2.53 bits per heavy atom. The predicted octanol–water partition coefficient (Wildman–Crippen LogP) is 5.10. The molecule has 0 spiro atoms. The zero-order valence-corrected chi connectivity index (χ0v) is 19.0. The highest BCUT2D eigenvalue weighted by molar-refractivity contribution is 5.87. The molecular formula is C26H20F4N4O2. The Bertz CT molecular complexity index is 1680. The van der Waals surface area contributed by atoms with Gasteiger partial charge in [0.25, 0.3) is 5.56 Å². The third-order valence-corrected chi connectivity index (χ3v) is 6.38. The third kappa shape index (κ3) is 3.36. The first-order valence-corrected chi connectivity index (χ1v) is 10.9. The van der Waals surface area contributed by atoms with Crippen molar-refractivity contribution in [1.29, 1.82) is 0 Å². The van der Waals surface area contributed by atoms with E-state index in [2.05, 4.69) is 16.7 Å². The van der Waals surface area contributed by atoms with Crippen molar-refractivity contribution in [3.8, 4) is 5.69 Å². The van der Waals surface area contributed by atoms with Crippen LogP contribution in [0.15, 0.2) is 78.4 Å². The summed E-state index contributed by atoms with van der Waals surface area (Å²) in [6, 6.07) is 10.7. The first kappa shape index (κ1) is 23.6. The molecule has 184 valence electrons. The summed E-state index contributed by atoms with van der Waals surface area (Å²) >= 11 is 0. The molecule has 0 aliphatic rings. The number of pyridine rings is 1. The first-order chi connectivity index (χ1) is 17.1. The van der Waals surface area contributed by atoms with Crippen molar-refractivity contribution in [3.05, 3.63) is 107 Å². The van der Waals surface area contributed by atoms with E-state index in [1.54, 1.807) is 0 Å². The van der Waals surface area contributed by atoms with Crippen LogP contribution >= 0.6 is 0 Å². The number of hydrogen-bond acceptors (Lipinski definition) is 3. The number of H-pyrrole nitrogens is 1. The summed E-state index contributed by atoms with van der Waals surface area (Å²) in [5.74, 6) is -0.433. The molecule has 0 fully saturated rings. The van der Waals surface area contributed by atoms with Crippen LogP contribution in [0.1, 0.15) is 16.8 Å². The first-order valence-electron chi connectivity index (χ1n) is 10.9. The van der Waals surface area contributed by atoms with Gasteiger partial charge in [-0.1, -0.05) is 12.1 Å². The molecule has 0 saturated heterocycles. The zero-order chi connectivity index (χ0) is 25.8. The number of aromatic nitrogens is 4. The van der Waals surface area contributed by atoms with Crippen LogP contribution in [-0.4, -0.2) is 30.6 Å². The average molecular weight is 496 g/mol. The molecule has 5 rings (SSSR count). The van der Waals surface area contributed by atoms with E-state index < -0.39 is 34.3 Å². The third-order valence-electron chi connectivity index (χ3n) is 6.38. The van der Waals surface area contributed by atoms with Gasteiger partial charge < -0.3 is 14.7 Å². The number of nitrogens with one attached hydrogen (secondary N) is 1. The van der Waals surface area contributed by atoms with Crippen molar-refractivity contribution >= 4 is 21.8 Å². The monoisotopic (exact) mass is 496 g/mol. The summed E-state index contributed by atoms with van der Waals surface area (Å²) in [4.78, 5) is 15.1. The van der Waals surface area contributed by atoms with Crippen molar-refractivity contribution in [2.75, 3.05) is 0 Å². The molecule has 0 aliphatic heterocycles. The van der Waals surface area contributed by atoms with Crippen LogP contribution in [-0.2, 0) is 12.1 Å². The number of hydrogen-bond donors (Lipinski definition) is 2. The van der Waals surface area contributed by atoms with Gasteiger partial charge in [-0.25, -0.2) is 9.07 Å². The summed E-state index contributed by atoms with van der Waals surface area (Å²) < 4.78 is 60.5. The van der Waals surface area contributed by atoms with Crippen molar-refractivity contribution in [1.82, 2.24) is 19.3 Å². The zero-order valence-electron chi connectivity index (χ0n) is 19.0. The summed E-state index contributed by atoms with van der Waals surface area (Å²) in [5.41, 5.74) is -3.78. The minimum Gasteiger partial charge on any atom is -0.372 e. The second-order valence-electron chi connectivity index (χ2n) is 8.44. The van der Waals surface area contributed by atoms with Gasteiger partial charge in [-0.2, -0.15) is 18.3 Å². The molecule has 5 aromatic rings. The van der Waals surface area contributed by atoms with E-state index in [0.29, 0.717) is 16.6 Å². The van der Waals surface area contributed by atoms with E-state index >= 15 is 0 Å². The number of aliphatic hydroxyl groups is 1. The number of benzene rings is 2. The highest BCUT2D eigenvalue weighted by atomic mass is 19.4. The number of nitrogens with zero attached hydrogens (tertiary/aromatic N) is 3. The lowest BCUT2D eigenvalue weighted by molar-refractivity contribution is -0.248. The second kappa shape index (κ2) is 8.20. The molecule has 36 heavy (non-hydrogen) atoms. The fourth-order valence-electron chi connectivity index (χ4n) is 4.75. The van der Waals surface area contributed by atoms with Crippen LogP contribution in [0.5, 0.6) is 0 Å². The molecule has 2 N–H and O–H groups in total. The number of allylic oxidation sites excluding steroid dienone is 1. The Kier molecular flexibility index (Phi) is 5.36. The van der Waals surface area contributed by atoms with Crippen molar-refractivity contribution in [2.45, 2.75) is 25.2 Å². The summed E-state index contributed by atoms with van der Waals surface area (Å²) in [6.45, 7) is 5.14. The molecule has 0 amide bonds. The molecule has 0 aliphatic carbocycles. The number of fused-ring (bicyclic) bond motifs is 2. The normalized spacial score (nSPS) is 13.8. The van der Waals surface area contributed by atoms with E-state index in [0.717, 1.165) is 0 Å². The van der Waals surface area contributed by atoms with E-state index in [-0.39, 0.29) is 23.1 Å². The minimum atomic E-state index is -5.13. The smallest absolute Gasteiger partial charge is 0.372 e. The van der Waals surface area contributed by atoms with Crippen molar-refractivity contribution in [2.24, 2.45) is 0 Å². The van der Waals surface area contributed by atoms with Crippen molar-refractivity contribution < 1.29 is 22.7 Å². The lowest BCUT2D eigenvalue weighted by Gasteiger charge is -2.32. The fraction of sp³-hybridized carbons (Fsp3) is 0.154. The Labute approximate surface area is 201 Å². The number of rotatable bonds is 5. The minimum absolute atomic E-state index is 0.0118. The standard InChI is InChI=1S/C26H20F4N4O2/c1-3-12-33-15(2)22(20-10-11-31-24(35)23(20)33)25(36,26(28,29)30)17-4-9-21-16(13-17)14-32-34(21)19-7-5-18(27)6-8-19/h3-11,13-14,36H,1,12H2,2H3,(H,31,35). The van der Waals surface area contributed by atoms with Crippen LogP contribution in [0.25, 0.3) is 27.5 Å². The molecular weight excluding hydrogens is 476 g/mol. The van der Waals surface area contributed by atoms with E-state index in [1.165, 1.54) is 83.2 Å². The Morgan fingerprint density at radius 2 is 1.86 bits per heavy atom. The molecule has 3 aromatic heterocycles. The molecule has 0 saturated carbocycles. The molecule has 10 heteroatoms. The Morgan fingerprint density at radius 1 is 1.14 bits per heavy atom. The average Bonchev–Trinajstić information content (AvgIpc) is 3.38. The van der Waals surface area contributed by atoms with Crippen LogP contribution in [0.3, 0.4) is 0 Å². The second-order valence-corrected chi connectivity index (χ2v) is 8.44.